The molecule has 0 heterocycles. The predicted octanol–water partition coefficient (Wildman–Crippen LogP) is 7.56. The van der Waals surface area contributed by atoms with Crippen molar-refractivity contribution in [2.24, 2.45) is 0 Å². The number of hydrogen-bond donors (Lipinski definition) is 0. The molecular weight excluding hydrogens is 460 g/mol. The van der Waals surface area contributed by atoms with Gasteiger partial charge in [-0.15, -0.1) is 0 Å². The van der Waals surface area contributed by atoms with E-state index >= 15 is 0 Å². The minimum atomic E-state index is 0.394. The second-order valence-corrected chi connectivity index (χ2v) is 8.35. The summed E-state index contributed by atoms with van der Waals surface area (Å²) in [5.41, 5.74) is 0. The number of hydrogen-bond acceptors (Lipinski definition) is 4. The van der Waals surface area contributed by atoms with Crippen LogP contribution in [0.3, 0.4) is 0 Å². The van der Waals surface area contributed by atoms with Crippen molar-refractivity contribution in [1.29, 1.82) is 0 Å². The van der Waals surface area contributed by atoms with Gasteiger partial charge in [0.15, 0.2) is 0 Å². The first-order valence-electron chi connectivity index (χ1n) is 11.5. The number of halogens is 1. The molecule has 35 heavy (non-hydrogen) atoms. The Morgan fingerprint density at radius 1 is 0.429 bits per heavy atom. The predicted molar refractivity (Wildman–Crippen MR) is 141 cm³/mol. The monoisotopic (exact) mass is 484 g/mol. The molecule has 0 N–H and O–H groups in total. The summed E-state index contributed by atoms with van der Waals surface area (Å²) in [6, 6.07) is 33.3. The molecule has 0 aliphatic carbocycles. The highest BCUT2D eigenvalue weighted by Crippen LogP contribution is 2.43. The molecule has 4 nitrogen and oxygen atoms in total. The van der Waals surface area contributed by atoms with Crippen molar-refractivity contribution >= 4 is 33.1 Å². The van der Waals surface area contributed by atoms with Gasteiger partial charge in [-0.25, -0.2) is 0 Å². The highest BCUT2D eigenvalue weighted by atomic mass is 35.5. The van der Waals surface area contributed by atoms with E-state index in [2.05, 4.69) is 0 Å². The zero-order valence-corrected chi connectivity index (χ0v) is 19.9. The van der Waals surface area contributed by atoms with Crippen molar-refractivity contribution in [3.05, 3.63) is 108 Å². The molecule has 0 fully saturated rings. The molecule has 0 bridgehead atoms. The van der Waals surface area contributed by atoms with Crippen molar-refractivity contribution in [3.63, 3.8) is 0 Å². The van der Waals surface area contributed by atoms with E-state index in [4.69, 9.17) is 30.5 Å². The average Bonchev–Trinajstić information content (AvgIpc) is 2.90. The van der Waals surface area contributed by atoms with E-state index < -0.39 is 0 Å². The highest BCUT2D eigenvalue weighted by Gasteiger charge is 2.16. The van der Waals surface area contributed by atoms with E-state index in [0.29, 0.717) is 31.5 Å². The highest BCUT2D eigenvalue weighted by molar-refractivity contribution is 6.31. The number of para-hydroxylation sites is 2. The summed E-state index contributed by atoms with van der Waals surface area (Å²) in [5.74, 6) is 3.19. The number of fused-ring (bicyclic) bond motifs is 2. The Labute approximate surface area is 209 Å². The van der Waals surface area contributed by atoms with E-state index in [9.17, 15) is 0 Å². The van der Waals surface area contributed by atoms with Crippen LogP contribution >= 0.6 is 11.6 Å². The van der Waals surface area contributed by atoms with Crippen molar-refractivity contribution in [1.82, 2.24) is 0 Å². The molecule has 0 aromatic heterocycles. The van der Waals surface area contributed by atoms with Crippen LogP contribution in [0.25, 0.3) is 21.5 Å². The molecule has 0 spiro atoms. The van der Waals surface area contributed by atoms with Gasteiger partial charge >= 0.3 is 0 Å². The Morgan fingerprint density at radius 3 is 1.40 bits per heavy atom. The molecular formula is C30H25ClO4. The Bertz CT molecular complexity index is 1400. The molecule has 0 saturated heterocycles. The third kappa shape index (κ3) is 5.44. The normalized spacial score (nSPS) is 10.9. The number of rotatable bonds is 10. The zero-order chi connectivity index (χ0) is 23.9. The average molecular weight is 485 g/mol. The molecule has 0 saturated carbocycles. The maximum atomic E-state index is 6.39. The van der Waals surface area contributed by atoms with E-state index in [1.165, 1.54) is 0 Å². The molecule has 0 atom stereocenters. The van der Waals surface area contributed by atoms with Crippen molar-refractivity contribution in [2.45, 2.75) is 0 Å². The second-order valence-electron chi connectivity index (χ2n) is 7.91. The van der Waals surface area contributed by atoms with Gasteiger partial charge in [0, 0.05) is 26.6 Å². The summed E-state index contributed by atoms with van der Waals surface area (Å²) < 4.78 is 24.2. The smallest absolute Gasteiger partial charge is 0.135 e. The van der Waals surface area contributed by atoms with Gasteiger partial charge in [0.2, 0.25) is 0 Å². The largest absolute Gasteiger partial charge is 0.490 e. The minimum absolute atomic E-state index is 0.394. The van der Waals surface area contributed by atoms with Crippen LogP contribution in [-0.2, 0) is 0 Å². The minimum Gasteiger partial charge on any atom is -0.490 e. The van der Waals surface area contributed by atoms with E-state index in [1.54, 1.807) is 0 Å². The van der Waals surface area contributed by atoms with Gasteiger partial charge in [-0.3, -0.25) is 0 Å². The van der Waals surface area contributed by atoms with Gasteiger partial charge in [-0.1, -0.05) is 72.3 Å². The first kappa shape index (κ1) is 22.9. The van der Waals surface area contributed by atoms with Gasteiger partial charge in [-0.2, -0.15) is 0 Å². The van der Waals surface area contributed by atoms with E-state index in [0.717, 1.165) is 44.5 Å². The second kappa shape index (κ2) is 11.0. The summed E-state index contributed by atoms with van der Waals surface area (Å²) in [5, 5.41) is 4.40. The molecule has 0 radical (unpaired) electrons. The van der Waals surface area contributed by atoms with Crippen LogP contribution in [0.15, 0.2) is 103 Å². The lowest BCUT2D eigenvalue weighted by molar-refractivity contribution is 0.218. The summed E-state index contributed by atoms with van der Waals surface area (Å²) in [6.07, 6.45) is 0. The number of ether oxygens (including phenoxy) is 4. The van der Waals surface area contributed by atoms with Crippen LogP contribution in [0.4, 0.5) is 0 Å². The van der Waals surface area contributed by atoms with Crippen LogP contribution in [0.1, 0.15) is 0 Å². The molecule has 0 aliphatic heterocycles. The van der Waals surface area contributed by atoms with Crippen molar-refractivity contribution < 1.29 is 18.9 Å². The first-order chi connectivity index (χ1) is 17.3. The Morgan fingerprint density at radius 2 is 0.857 bits per heavy atom. The van der Waals surface area contributed by atoms with Gasteiger partial charge < -0.3 is 18.9 Å². The maximum Gasteiger partial charge on any atom is 0.135 e. The van der Waals surface area contributed by atoms with Crippen molar-refractivity contribution in [3.8, 4) is 23.0 Å². The van der Waals surface area contributed by atoms with Crippen LogP contribution in [0.2, 0.25) is 5.02 Å². The van der Waals surface area contributed by atoms with Gasteiger partial charge in [0.1, 0.15) is 49.4 Å². The fraction of sp³-hybridized carbons (Fsp3) is 0.133. The molecule has 0 aliphatic rings. The Hall–Kier alpha value is -3.89. The molecule has 5 heteroatoms. The van der Waals surface area contributed by atoms with Crippen LogP contribution in [0, 0.1) is 0 Å². The molecule has 0 amide bonds. The summed E-state index contributed by atoms with van der Waals surface area (Å²) >= 11 is 6.39. The van der Waals surface area contributed by atoms with Gasteiger partial charge in [-0.05, 0) is 42.5 Å². The topological polar surface area (TPSA) is 36.9 Å². The summed E-state index contributed by atoms with van der Waals surface area (Å²) in [7, 11) is 0. The third-order valence-electron chi connectivity index (χ3n) is 5.57. The molecule has 176 valence electrons. The fourth-order valence-corrected chi connectivity index (χ4v) is 4.19. The summed E-state index contributed by atoms with van der Waals surface area (Å²) in [4.78, 5) is 0. The zero-order valence-electron chi connectivity index (χ0n) is 19.2. The first-order valence-corrected chi connectivity index (χ1v) is 11.9. The van der Waals surface area contributed by atoms with Crippen molar-refractivity contribution in [2.75, 3.05) is 26.4 Å². The van der Waals surface area contributed by atoms with E-state index in [-0.39, 0.29) is 0 Å². The Balaban J connectivity index is 1.40. The van der Waals surface area contributed by atoms with Crippen LogP contribution in [0.5, 0.6) is 23.0 Å². The molecule has 5 aromatic carbocycles. The Kier molecular flexibility index (Phi) is 7.21. The maximum absolute atomic E-state index is 6.39. The van der Waals surface area contributed by atoms with Crippen LogP contribution in [-0.4, -0.2) is 26.4 Å². The van der Waals surface area contributed by atoms with Gasteiger partial charge in [0.05, 0.1) is 0 Å². The van der Waals surface area contributed by atoms with Crippen LogP contribution < -0.4 is 18.9 Å². The third-order valence-corrected chi connectivity index (χ3v) is 5.81. The fourth-order valence-electron chi connectivity index (χ4n) is 4.02. The lowest BCUT2D eigenvalue weighted by Gasteiger charge is -2.18. The standard InChI is InChI=1S/C30H25ClO4/c31-22-15-16-27-28(21-22)30(35-20-18-33-24-11-5-2-6-12-24)26-14-8-7-13-25(26)29(27)34-19-17-32-23-9-3-1-4-10-23/h1-16,21H,17-20H2. The van der Waals surface area contributed by atoms with E-state index in [1.807, 2.05) is 103 Å². The quantitative estimate of drug-likeness (QED) is 0.151. The summed E-state index contributed by atoms with van der Waals surface area (Å²) in [6.45, 7) is 1.66. The lowest BCUT2D eigenvalue weighted by atomic mass is 10.0. The molecule has 5 rings (SSSR count). The SMILES string of the molecule is Clc1ccc2c(OCCOc3ccccc3)c3ccccc3c(OCCOc3ccccc3)c2c1. The lowest BCUT2D eigenvalue weighted by Crippen LogP contribution is -2.11. The number of benzene rings is 5. The van der Waals surface area contributed by atoms with Gasteiger partial charge in [0.25, 0.3) is 0 Å². The molecule has 5 aromatic rings. The molecule has 0 unspecified atom stereocenters.